The van der Waals surface area contributed by atoms with Gasteiger partial charge in [0.05, 0.1) is 11.4 Å². The predicted molar refractivity (Wildman–Crippen MR) is 55.9 cm³/mol. The van der Waals surface area contributed by atoms with Crippen LogP contribution in [0.5, 0.6) is 0 Å². The normalized spacial score (nSPS) is 12.9. The Kier molecular flexibility index (Phi) is 3.34. The molecule has 1 rings (SSSR count). The Hall–Kier alpha value is -0.990. The molecule has 13 heavy (non-hydrogen) atoms. The summed E-state index contributed by atoms with van der Waals surface area (Å²) < 4.78 is 1.84. The van der Waals surface area contributed by atoms with Crippen LogP contribution >= 0.6 is 0 Å². The summed E-state index contributed by atoms with van der Waals surface area (Å²) in [5, 5.41) is 7.73. The summed E-state index contributed by atoms with van der Waals surface area (Å²) in [6.45, 7) is 6.44. The topological polar surface area (TPSA) is 29.9 Å². The first kappa shape index (κ1) is 10.1. The van der Waals surface area contributed by atoms with Crippen molar-refractivity contribution in [2.24, 2.45) is 7.05 Å². The van der Waals surface area contributed by atoms with Crippen molar-refractivity contribution in [1.29, 1.82) is 0 Å². The van der Waals surface area contributed by atoms with E-state index in [1.807, 2.05) is 24.9 Å². The van der Waals surface area contributed by atoms with Crippen LogP contribution in [0.1, 0.15) is 32.4 Å². The van der Waals surface area contributed by atoms with Crippen LogP contribution in [0.4, 0.5) is 5.69 Å². The van der Waals surface area contributed by atoms with Gasteiger partial charge in [0.25, 0.3) is 0 Å². The summed E-state index contributed by atoms with van der Waals surface area (Å²) in [6, 6.07) is 0.535. The van der Waals surface area contributed by atoms with Crippen molar-refractivity contribution in [2.45, 2.75) is 39.7 Å². The minimum absolute atomic E-state index is 0.535. The van der Waals surface area contributed by atoms with E-state index in [1.54, 1.807) is 0 Å². The maximum atomic E-state index is 4.28. The fraction of sp³-hybridized carbons (Fsp3) is 0.700. The molecule has 1 aromatic heterocycles. The van der Waals surface area contributed by atoms with E-state index in [1.165, 1.54) is 12.8 Å². The Labute approximate surface area is 80.1 Å². The largest absolute Gasteiger partial charge is 0.380 e. The molecule has 0 fully saturated rings. The Balaban J connectivity index is 2.57. The molecule has 0 spiro atoms. The molecule has 0 bridgehead atoms. The molecule has 0 aliphatic heterocycles. The van der Waals surface area contributed by atoms with Gasteiger partial charge >= 0.3 is 0 Å². The molecule has 0 saturated heterocycles. The lowest BCUT2D eigenvalue weighted by molar-refractivity contribution is 0.690. The zero-order chi connectivity index (χ0) is 9.84. The van der Waals surface area contributed by atoms with Crippen LogP contribution in [-0.4, -0.2) is 15.8 Å². The molecule has 1 aromatic rings. The molecule has 3 heteroatoms. The Morgan fingerprint density at radius 1 is 1.62 bits per heavy atom. The summed E-state index contributed by atoms with van der Waals surface area (Å²) in [5.74, 6) is 0. The average molecular weight is 181 g/mol. The molecule has 0 aromatic carbocycles. The predicted octanol–water partition coefficient (Wildman–Crippen LogP) is 2.33. The fourth-order valence-electron chi connectivity index (χ4n) is 1.51. The SMILES string of the molecule is CCCC(C)Nc1cn(C)nc1C. The summed E-state index contributed by atoms with van der Waals surface area (Å²) in [4.78, 5) is 0. The van der Waals surface area contributed by atoms with Crippen molar-refractivity contribution in [2.75, 3.05) is 5.32 Å². The Bertz CT molecular complexity index is 265. The zero-order valence-corrected chi connectivity index (χ0v) is 8.96. The van der Waals surface area contributed by atoms with Crippen LogP contribution in [0.15, 0.2) is 6.20 Å². The van der Waals surface area contributed by atoms with Crippen LogP contribution in [0, 0.1) is 6.92 Å². The Morgan fingerprint density at radius 3 is 2.77 bits per heavy atom. The van der Waals surface area contributed by atoms with Gasteiger partial charge in [-0.05, 0) is 20.3 Å². The second-order valence-electron chi connectivity index (χ2n) is 3.64. The minimum atomic E-state index is 0.535. The molecule has 0 aliphatic rings. The lowest BCUT2D eigenvalue weighted by Crippen LogP contribution is -2.14. The second-order valence-corrected chi connectivity index (χ2v) is 3.64. The van der Waals surface area contributed by atoms with Crippen molar-refractivity contribution in [3.05, 3.63) is 11.9 Å². The van der Waals surface area contributed by atoms with Gasteiger partial charge in [0.15, 0.2) is 0 Å². The van der Waals surface area contributed by atoms with Crippen molar-refractivity contribution < 1.29 is 0 Å². The average Bonchev–Trinajstić information content (AvgIpc) is 2.30. The monoisotopic (exact) mass is 181 g/mol. The summed E-state index contributed by atoms with van der Waals surface area (Å²) in [5.41, 5.74) is 2.23. The highest BCUT2D eigenvalue weighted by Crippen LogP contribution is 2.14. The molecule has 1 atom stereocenters. The van der Waals surface area contributed by atoms with Crippen molar-refractivity contribution in [1.82, 2.24) is 9.78 Å². The molecule has 0 radical (unpaired) electrons. The third kappa shape index (κ3) is 2.76. The van der Waals surface area contributed by atoms with E-state index in [-0.39, 0.29) is 0 Å². The molecule has 0 amide bonds. The van der Waals surface area contributed by atoms with Crippen LogP contribution in [-0.2, 0) is 7.05 Å². The molecule has 3 nitrogen and oxygen atoms in total. The van der Waals surface area contributed by atoms with Gasteiger partial charge in [0.1, 0.15) is 0 Å². The molecule has 0 saturated carbocycles. The summed E-state index contributed by atoms with van der Waals surface area (Å²) >= 11 is 0. The molecule has 74 valence electrons. The van der Waals surface area contributed by atoms with Gasteiger partial charge in [-0.15, -0.1) is 0 Å². The maximum absolute atomic E-state index is 4.28. The third-order valence-corrected chi connectivity index (χ3v) is 2.14. The number of aromatic nitrogens is 2. The Morgan fingerprint density at radius 2 is 2.31 bits per heavy atom. The number of hydrogen-bond donors (Lipinski definition) is 1. The van der Waals surface area contributed by atoms with Gasteiger partial charge < -0.3 is 5.32 Å². The third-order valence-electron chi connectivity index (χ3n) is 2.14. The van der Waals surface area contributed by atoms with Crippen LogP contribution in [0.3, 0.4) is 0 Å². The van der Waals surface area contributed by atoms with E-state index in [4.69, 9.17) is 0 Å². The van der Waals surface area contributed by atoms with E-state index in [9.17, 15) is 0 Å². The van der Waals surface area contributed by atoms with Crippen molar-refractivity contribution in [3.8, 4) is 0 Å². The first-order chi connectivity index (χ1) is 6.13. The van der Waals surface area contributed by atoms with Gasteiger partial charge in [-0.25, -0.2) is 0 Å². The van der Waals surface area contributed by atoms with Gasteiger partial charge in [-0.3, -0.25) is 4.68 Å². The van der Waals surface area contributed by atoms with E-state index in [0.717, 1.165) is 11.4 Å². The number of rotatable bonds is 4. The second kappa shape index (κ2) is 4.30. The number of aryl methyl sites for hydroxylation is 2. The van der Waals surface area contributed by atoms with Gasteiger partial charge in [-0.1, -0.05) is 13.3 Å². The maximum Gasteiger partial charge on any atom is 0.0825 e. The molecule has 0 aliphatic carbocycles. The van der Waals surface area contributed by atoms with E-state index in [0.29, 0.717) is 6.04 Å². The fourth-order valence-corrected chi connectivity index (χ4v) is 1.51. The zero-order valence-electron chi connectivity index (χ0n) is 8.96. The number of nitrogens with one attached hydrogen (secondary N) is 1. The highest BCUT2D eigenvalue weighted by atomic mass is 15.3. The van der Waals surface area contributed by atoms with E-state index >= 15 is 0 Å². The van der Waals surface area contributed by atoms with Crippen LogP contribution < -0.4 is 5.32 Å². The number of anilines is 1. The molecule has 1 N–H and O–H groups in total. The first-order valence-electron chi connectivity index (χ1n) is 4.90. The number of hydrogen-bond acceptors (Lipinski definition) is 2. The van der Waals surface area contributed by atoms with Crippen LogP contribution in [0.2, 0.25) is 0 Å². The highest BCUT2D eigenvalue weighted by molar-refractivity contribution is 5.46. The molecular weight excluding hydrogens is 162 g/mol. The number of nitrogens with zero attached hydrogens (tertiary/aromatic N) is 2. The highest BCUT2D eigenvalue weighted by Gasteiger charge is 2.05. The summed E-state index contributed by atoms with van der Waals surface area (Å²) in [7, 11) is 1.95. The van der Waals surface area contributed by atoms with Gasteiger partial charge in [0.2, 0.25) is 0 Å². The van der Waals surface area contributed by atoms with Crippen LogP contribution in [0.25, 0.3) is 0 Å². The molecule has 1 unspecified atom stereocenters. The summed E-state index contributed by atoms with van der Waals surface area (Å²) in [6.07, 6.45) is 4.45. The van der Waals surface area contributed by atoms with Crippen molar-refractivity contribution in [3.63, 3.8) is 0 Å². The molecular formula is C10H19N3. The van der Waals surface area contributed by atoms with E-state index < -0.39 is 0 Å². The van der Waals surface area contributed by atoms with E-state index in [2.05, 4.69) is 24.3 Å². The lowest BCUT2D eigenvalue weighted by Gasteiger charge is -2.12. The standard InChI is InChI=1S/C10H19N3/c1-5-6-8(2)11-10-7-13(4)12-9(10)3/h7-8,11H,5-6H2,1-4H3. The smallest absolute Gasteiger partial charge is 0.0825 e. The van der Waals surface area contributed by atoms with Gasteiger partial charge in [0, 0.05) is 19.3 Å². The van der Waals surface area contributed by atoms with Crippen molar-refractivity contribution >= 4 is 5.69 Å². The first-order valence-corrected chi connectivity index (χ1v) is 4.90. The molecule has 1 heterocycles. The minimum Gasteiger partial charge on any atom is -0.380 e. The quantitative estimate of drug-likeness (QED) is 0.772. The lowest BCUT2D eigenvalue weighted by atomic mass is 10.2. The van der Waals surface area contributed by atoms with Gasteiger partial charge in [-0.2, -0.15) is 5.10 Å².